The van der Waals surface area contributed by atoms with Crippen LogP contribution in [0.5, 0.6) is 0 Å². The van der Waals surface area contributed by atoms with E-state index in [0.29, 0.717) is 6.54 Å². The molecule has 170 valence electrons. The van der Waals surface area contributed by atoms with Crippen LogP contribution < -0.4 is 0 Å². The van der Waals surface area contributed by atoms with Gasteiger partial charge in [-0.25, -0.2) is 0 Å². The van der Waals surface area contributed by atoms with Gasteiger partial charge >= 0.3 is 0 Å². The van der Waals surface area contributed by atoms with E-state index in [-0.39, 0.29) is 0 Å². The number of hydrogen-bond donors (Lipinski definition) is 2. The largest absolute Gasteiger partial charge is 0.381 e. The Morgan fingerprint density at radius 1 is 0.618 bits per heavy atom. The molecule has 1 heterocycles. The first kappa shape index (κ1) is 21.2. The third-order valence-electron chi connectivity index (χ3n) is 7.77. The fourth-order valence-electron chi connectivity index (χ4n) is 6.38. The summed E-state index contributed by atoms with van der Waals surface area (Å²) in [5.74, 6) is 0. The smallest absolute Gasteiger partial charge is 0.113 e. The van der Waals surface area contributed by atoms with Crippen LogP contribution in [0, 0.1) is 13.8 Å². The van der Waals surface area contributed by atoms with Crippen molar-refractivity contribution in [3.63, 3.8) is 0 Å². The Morgan fingerprint density at radius 3 is 1.74 bits per heavy atom. The molecule has 0 fully saturated rings. The second kappa shape index (κ2) is 7.05. The molecule has 34 heavy (non-hydrogen) atoms. The summed E-state index contributed by atoms with van der Waals surface area (Å²) in [5.41, 5.74) is 6.12. The van der Waals surface area contributed by atoms with Gasteiger partial charge in [-0.15, -0.1) is 0 Å². The molecule has 3 nitrogen and oxygen atoms in total. The first-order valence-corrected chi connectivity index (χ1v) is 11.9. The highest BCUT2D eigenvalue weighted by Crippen LogP contribution is 2.51. The molecule has 1 aromatic heterocycles. The van der Waals surface area contributed by atoms with Crippen LogP contribution in [0.15, 0.2) is 78.9 Å². The lowest BCUT2D eigenvalue weighted by molar-refractivity contribution is 0.0490. The highest BCUT2D eigenvalue weighted by Gasteiger charge is 2.47. The van der Waals surface area contributed by atoms with E-state index in [2.05, 4.69) is 59.2 Å². The molecule has 1 aliphatic rings. The van der Waals surface area contributed by atoms with Crippen LogP contribution in [-0.2, 0) is 17.7 Å². The average Bonchev–Trinajstić information content (AvgIpc) is 3.13. The molecule has 0 bridgehead atoms. The quantitative estimate of drug-likeness (QED) is 0.334. The first-order valence-electron chi connectivity index (χ1n) is 11.9. The number of hydrogen-bond acceptors (Lipinski definition) is 2. The van der Waals surface area contributed by atoms with E-state index in [1.807, 2.05) is 52.0 Å². The third-order valence-corrected chi connectivity index (χ3v) is 7.77. The predicted molar refractivity (Wildman–Crippen MR) is 138 cm³/mol. The highest BCUT2D eigenvalue weighted by molar-refractivity contribution is 6.08. The van der Waals surface area contributed by atoms with Gasteiger partial charge in [-0.05, 0) is 78.8 Å². The van der Waals surface area contributed by atoms with E-state index in [9.17, 15) is 10.2 Å². The van der Waals surface area contributed by atoms with Crippen molar-refractivity contribution in [2.45, 2.75) is 45.4 Å². The molecule has 2 unspecified atom stereocenters. The van der Waals surface area contributed by atoms with E-state index in [1.165, 1.54) is 10.8 Å². The van der Waals surface area contributed by atoms with E-state index < -0.39 is 11.2 Å². The molecule has 2 atom stereocenters. The van der Waals surface area contributed by atoms with Gasteiger partial charge in [0.05, 0.1) is 0 Å². The molecule has 0 spiro atoms. The zero-order valence-electron chi connectivity index (χ0n) is 20.1. The lowest BCUT2D eigenvalue weighted by Crippen LogP contribution is -2.42. The fourth-order valence-corrected chi connectivity index (χ4v) is 6.38. The number of rotatable bonds is 2. The van der Waals surface area contributed by atoms with Gasteiger partial charge in [-0.2, -0.15) is 0 Å². The van der Waals surface area contributed by atoms with Crippen LogP contribution in [0.4, 0.5) is 0 Å². The molecule has 3 heteroatoms. The minimum absolute atomic E-state index is 0.601. The monoisotopic (exact) mass is 447 g/mol. The van der Waals surface area contributed by atoms with Crippen molar-refractivity contribution in [2.75, 3.05) is 0 Å². The first-order chi connectivity index (χ1) is 16.2. The van der Waals surface area contributed by atoms with Crippen molar-refractivity contribution in [1.82, 2.24) is 4.57 Å². The van der Waals surface area contributed by atoms with E-state index in [1.54, 1.807) is 0 Å². The standard InChI is InChI=1S/C31H29NO2/c1-19-16-17-20(2)28-27(19)30(3,33)24-13-9-10-21(29(24)31(28,4)34)18-32-25-14-7-5-11-22(25)23-12-6-8-15-26(23)32/h5-17,33-34H,18H2,1-4H3. The van der Waals surface area contributed by atoms with Crippen molar-refractivity contribution in [3.8, 4) is 0 Å². The highest BCUT2D eigenvalue weighted by atomic mass is 16.3. The van der Waals surface area contributed by atoms with Gasteiger partial charge in [0.15, 0.2) is 0 Å². The van der Waals surface area contributed by atoms with Crippen LogP contribution >= 0.6 is 0 Å². The summed E-state index contributed by atoms with van der Waals surface area (Å²) >= 11 is 0. The number of para-hydroxylation sites is 2. The second-order valence-electron chi connectivity index (χ2n) is 10.1. The molecular weight excluding hydrogens is 418 g/mol. The van der Waals surface area contributed by atoms with Crippen LogP contribution in [-0.4, -0.2) is 14.8 Å². The molecule has 0 amide bonds. The van der Waals surface area contributed by atoms with E-state index in [4.69, 9.17) is 0 Å². The summed E-state index contributed by atoms with van der Waals surface area (Å²) in [6.45, 7) is 8.36. The maximum atomic E-state index is 12.1. The maximum absolute atomic E-state index is 12.1. The average molecular weight is 448 g/mol. The van der Waals surface area contributed by atoms with Gasteiger partial charge in [0.1, 0.15) is 11.2 Å². The van der Waals surface area contributed by atoms with Crippen LogP contribution in [0.3, 0.4) is 0 Å². The number of aromatic nitrogens is 1. The Kier molecular flexibility index (Phi) is 4.39. The second-order valence-corrected chi connectivity index (χ2v) is 10.1. The molecule has 0 saturated carbocycles. The Labute approximate surface area is 199 Å². The van der Waals surface area contributed by atoms with Gasteiger partial charge in [0.2, 0.25) is 0 Å². The van der Waals surface area contributed by atoms with Gasteiger partial charge in [-0.1, -0.05) is 66.7 Å². The number of benzene rings is 4. The fraction of sp³-hybridized carbons (Fsp3) is 0.226. The van der Waals surface area contributed by atoms with Gasteiger partial charge in [-0.3, -0.25) is 0 Å². The lowest BCUT2D eigenvalue weighted by atomic mass is 9.65. The van der Waals surface area contributed by atoms with Crippen molar-refractivity contribution in [3.05, 3.63) is 118 Å². The van der Waals surface area contributed by atoms with Crippen molar-refractivity contribution in [1.29, 1.82) is 0 Å². The molecule has 1 aliphatic carbocycles. The Hall–Kier alpha value is -3.40. The van der Waals surface area contributed by atoms with E-state index >= 15 is 0 Å². The molecule has 0 aliphatic heterocycles. The van der Waals surface area contributed by atoms with Crippen molar-refractivity contribution >= 4 is 21.8 Å². The SMILES string of the molecule is Cc1ccc(C)c2c1C(C)(O)c1cccc(Cn3c4ccccc4c4ccccc43)c1C2(C)O. The Morgan fingerprint density at radius 2 is 1.15 bits per heavy atom. The maximum Gasteiger partial charge on any atom is 0.113 e. The number of fused-ring (bicyclic) bond motifs is 5. The van der Waals surface area contributed by atoms with Crippen LogP contribution in [0.2, 0.25) is 0 Å². The van der Waals surface area contributed by atoms with Gasteiger partial charge in [0, 0.05) is 28.4 Å². The molecular formula is C31H29NO2. The van der Waals surface area contributed by atoms with E-state index in [0.717, 1.165) is 50.0 Å². The lowest BCUT2D eigenvalue weighted by Gasteiger charge is -2.44. The minimum atomic E-state index is -1.22. The number of aryl methyl sites for hydroxylation is 2. The zero-order chi connectivity index (χ0) is 23.8. The molecule has 5 aromatic rings. The Bertz CT molecular complexity index is 1550. The normalized spacial score (nSPS) is 21.6. The van der Waals surface area contributed by atoms with Gasteiger partial charge < -0.3 is 14.8 Å². The summed E-state index contributed by atoms with van der Waals surface area (Å²) in [4.78, 5) is 0. The summed E-state index contributed by atoms with van der Waals surface area (Å²) in [6.07, 6.45) is 0. The molecule has 0 radical (unpaired) electrons. The predicted octanol–water partition coefficient (Wildman–Crippen LogP) is 6.28. The van der Waals surface area contributed by atoms with Crippen molar-refractivity contribution in [2.24, 2.45) is 0 Å². The molecule has 0 saturated heterocycles. The zero-order valence-corrected chi connectivity index (χ0v) is 20.1. The summed E-state index contributed by atoms with van der Waals surface area (Å²) in [7, 11) is 0. The van der Waals surface area contributed by atoms with Gasteiger partial charge in [0.25, 0.3) is 0 Å². The van der Waals surface area contributed by atoms with Crippen LogP contribution in [0.1, 0.15) is 52.8 Å². The number of nitrogens with zero attached hydrogens (tertiary/aromatic N) is 1. The third kappa shape index (κ3) is 2.71. The molecule has 4 aromatic carbocycles. The summed E-state index contributed by atoms with van der Waals surface area (Å²) < 4.78 is 2.32. The summed E-state index contributed by atoms with van der Waals surface area (Å²) in [5, 5.41) is 26.5. The minimum Gasteiger partial charge on any atom is -0.381 e. The van der Waals surface area contributed by atoms with Crippen molar-refractivity contribution < 1.29 is 10.2 Å². The number of aliphatic hydroxyl groups is 2. The van der Waals surface area contributed by atoms with Crippen LogP contribution in [0.25, 0.3) is 21.8 Å². The molecule has 6 rings (SSSR count). The summed E-state index contributed by atoms with van der Waals surface area (Å²) in [6, 6.07) is 27.1. The Balaban J connectivity index is 1.64. The topological polar surface area (TPSA) is 45.4 Å². The molecule has 2 N–H and O–H groups in total.